The lowest BCUT2D eigenvalue weighted by Gasteiger charge is -2.23. The second kappa shape index (κ2) is 10.1. The van der Waals surface area contributed by atoms with Crippen molar-refractivity contribution in [1.82, 2.24) is 19.7 Å². The maximum absolute atomic E-state index is 14.5. The highest BCUT2D eigenvalue weighted by atomic mass is 35.5. The number of hydrogen-bond acceptors (Lipinski definition) is 7. The van der Waals surface area contributed by atoms with Gasteiger partial charge in [0.1, 0.15) is 34.3 Å². The van der Waals surface area contributed by atoms with Crippen LogP contribution in [0.25, 0.3) is 22.4 Å². The van der Waals surface area contributed by atoms with Crippen LogP contribution < -0.4 is 11.1 Å². The number of aromatic nitrogens is 4. The monoisotopic (exact) mass is 586 g/mol. The van der Waals surface area contributed by atoms with Gasteiger partial charge in [0.2, 0.25) is 5.91 Å². The number of aromatic hydroxyl groups is 1. The van der Waals surface area contributed by atoms with Crippen LogP contribution in [0.2, 0.25) is 5.02 Å². The molecule has 1 aliphatic heterocycles. The first-order chi connectivity index (χ1) is 20.1. The molecular weight excluding hydrogens is 563 g/mol. The molecule has 0 fully saturated rings. The second-order valence-corrected chi connectivity index (χ2v) is 10.7. The molecule has 0 unspecified atom stereocenters. The highest BCUT2D eigenvalue weighted by Gasteiger charge is 2.47. The van der Waals surface area contributed by atoms with Crippen LogP contribution in [0.5, 0.6) is 5.75 Å². The number of aryl methyl sites for hydroxylation is 1. The predicted molar refractivity (Wildman–Crippen MR) is 155 cm³/mol. The van der Waals surface area contributed by atoms with Crippen molar-refractivity contribution in [3.63, 3.8) is 0 Å². The third-order valence-electron chi connectivity index (χ3n) is 7.59. The van der Waals surface area contributed by atoms with Gasteiger partial charge in [-0.2, -0.15) is 5.10 Å². The number of nitrogens with one attached hydrogen (secondary N) is 1. The molecule has 1 atom stereocenters. The standard InChI is InChI=1S/C30H24ClFN6O4/c1-30(17-9-6-15(7-10-17)8-11-23(40)41)24-26(33)34-28(35-27(24)36-29(30)42)25-18-12-22(39)19(31)13-21(18)38(37-25)14-16-4-2-3-5-20(16)32/h2-7,9-10,12-13,39H,8,11,14H2,1H3,(H,40,41)(H3,33,34,35,36,42)/t30-/m1/s1. The Morgan fingerprint density at radius 1 is 1.14 bits per heavy atom. The third-order valence-corrected chi connectivity index (χ3v) is 7.89. The van der Waals surface area contributed by atoms with Crippen LogP contribution in [-0.4, -0.2) is 41.8 Å². The summed E-state index contributed by atoms with van der Waals surface area (Å²) < 4.78 is 16.0. The number of carboxylic acid groups (broad SMARTS) is 1. The molecule has 3 aromatic carbocycles. The SMILES string of the molecule is C[C@]1(c2ccc(CCC(=O)O)cc2)C(=O)Nc2nc(-c3nn(Cc4ccccc4F)c4cc(Cl)c(O)cc34)nc(N)c21. The molecule has 212 valence electrons. The number of nitrogens with two attached hydrogens (primary N) is 1. The molecule has 0 spiro atoms. The number of carbonyl (C=O) groups is 2. The largest absolute Gasteiger partial charge is 0.506 e. The Kier molecular flexibility index (Phi) is 6.53. The molecule has 5 N–H and O–H groups in total. The molecule has 6 rings (SSSR count). The summed E-state index contributed by atoms with van der Waals surface area (Å²) in [6, 6.07) is 16.4. The van der Waals surface area contributed by atoms with Crippen molar-refractivity contribution in [2.45, 2.75) is 31.7 Å². The summed E-state index contributed by atoms with van der Waals surface area (Å²) in [6.07, 6.45) is 0.361. The van der Waals surface area contributed by atoms with Crippen LogP contribution in [-0.2, 0) is 28.0 Å². The van der Waals surface area contributed by atoms with Crippen LogP contribution >= 0.6 is 11.6 Å². The smallest absolute Gasteiger partial charge is 0.303 e. The number of amides is 1. The van der Waals surface area contributed by atoms with Gasteiger partial charge in [-0.1, -0.05) is 54.1 Å². The maximum Gasteiger partial charge on any atom is 0.303 e. The highest BCUT2D eigenvalue weighted by Crippen LogP contribution is 2.45. The Balaban J connectivity index is 1.43. The van der Waals surface area contributed by atoms with Gasteiger partial charge in [-0.05, 0) is 42.7 Å². The lowest BCUT2D eigenvalue weighted by molar-refractivity contribution is -0.137. The van der Waals surface area contributed by atoms with Gasteiger partial charge in [0.15, 0.2) is 5.82 Å². The van der Waals surface area contributed by atoms with E-state index in [1.54, 1.807) is 49.4 Å². The molecular formula is C30H24ClFN6O4. The van der Waals surface area contributed by atoms with E-state index >= 15 is 0 Å². The fourth-order valence-electron chi connectivity index (χ4n) is 5.30. The van der Waals surface area contributed by atoms with E-state index < -0.39 is 17.2 Å². The van der Waals surface area contributed by atoms with Crippen molar-refractivity contribution in [3.8, 4) is 17.3 Å². The summed E-state index contributed by atoms with van der Waals surface area (Å²) in [5.41, 5.74) is 8.30. The van der Waals surface area contributed by atoms with Gasteiger partial charge in [0.05, 0.1) is 22.6 Å². The zero-order chi connectivity index (χ0) is 29.8. The average molecular weight is 587 g/mol. The predicted octanol–water partition coefficient (Wildman–Crippen LogP) is 4.90. The summed E-state index contributed by atoms with van der Waals surface area (Å²) in [7, 11) is 0. The van der Waals surface area contributed by atoms with Gasteiger partial charge in [-0.15, -0.1) is 0 Å². The number of benzene rings is 3. The first-order valence-corrected chi connectivity index (χ1v) is 13.4. The van der Waals surface area contributed by atoms with Gasteiger partial charge in [0.25, 0.3) is 0 Å². The van der Waals surface area contributed by atoms with Crippen molar-refractivity contribution in [2.24, 2.45) is 0 Å². The Labute approximate surface area is 243 Å². The molecule has 1 aliphatic rings. The quantitative estimate of drug-likeness (QED) is 0.210. The lowest BCUT2D eigenvalue weighted by Crippen LogP contribution is -2.33. The van der Waals surface area contributed by atoms with Crippen LogP contribution in [0.3, 0.4) is 0 Å². The number of fused-ring (bicyclic) bond motifs is 2. The minimum atomic E-state index is -1.21. The summed E-state index contributed by atoms with van der Waals surface area (Å²) in [5, 5.41) is 27.3. The number of nitrogen functional groups attached to an aromatic ring is 1. The van der Waals surface area contributed by atoms with Gasteiger partial charge in [-0.3, -0.25) is 14.3 Å². The van der Waals surface area contributed by atoms with Gasteiger partial charge in [0, 0.05) is 17.4 Å². The Morgan fingerprint density at radius 3 is 2.60 bits per heavy atom. The highest BCUT2D eigenvalue weighted by molar-refractivity contribution is 6.32. The number of nitrogens with zero attached hydrogens (tertiary/aromatic N) is 4. The van der Waals surface area contributed by atoms with Gasteiger partial charge >= 0.3 is 5.97 Å². The van der Waals surface area contributed by atoms with Gasteiger partial charge < -0.3 is 21.3 Å². The molecule has 12 heteroatoms. The summed E-state index contributed by atoms with van der Waals surface area (Å²) in [5.74, 6) is -1.46. The molecule has 0 saturated carbocycles. The summed E-state index contributed by atoms with van der Waals surface area (Å²) >= 11 is 6.21. The number of carbonyl (C=O) groups excluding carboxylic acids is 1. The number of hydrogen-bond donors (Lipinski definition) is 4. The molecule has 42 heavy (non-hydrogen) atoms. The van der Waals surface area contributed by atoms with E-state index in [2.05, 4.69) is 20.4 Å². The summed E-state index contributed by atoms with van der Waals surface area (Å²) in [6.45, 7) is 1.79. The van der Waals surface area contributed by atoms with E-state index in [-0.39, 0.29) is 52.8 Å². The lowest BCUT2D eigenvalue weighted by atomic mass is 9.77. The maximum atomic E-state index is 14.5. The van der Waals surface area contributed by atoms with Crippen LogP contribution in [0.15, 0.2) is 60.7 Å². The molecule has 0 radical (unpaired) electrons. The van der Waals surface area contributed by atoms with E-state index in [1.807, 2.05) is 0 Å². The summed E-state index contributed by atoms with van der Waals surface area (Å²) in [4.78, 5) is 33.4. The first-order valence-electron chi connectivity index (χ1n) is 13.0. The van der Waals surface area contributed by atoms with E-state index in [9.17, 15) is 19.1 Å². The third kappa shape index (κ3) is 4.47. The van der Waals surface area contributed by atoms with Crippen molar-refractivity contribution in [3.05, 3.63) is 93.8 Å². The molecule has 2 aromatic heterocycles. The van der Waals surface area contributed by atoms with E-state index in [1.165, 1.54) is 22.9 Å². The van der Waals surface area contributed by atoms with Crippen LogP contribution in [0.1, 0.15) is 35.6 Å². The van der Waals surface area contributed by atoms with E-state index in [0.717, 1.165) is 5.56 Å². The van der Waals surface area contributed by atoms with Crippen molar-refractivity contribution < 1.29 is 24.2 Å². The normalized spacial score (nSPS) is 16.0. The van der Waals surface area contributed by atoms with E-state index in [4.69, 9.17) is 22.4 Å². The van der Waals surface area contributed by atoms with Crippen LogP contribution in [0.4, 0.5) is 16.0 Å². The zero-order valence-electron chi connectivity index (χ0n) is 22.2. The minimum Gasteiger partial charge on any atom is -0.506 e. The molecule has 10 nitrogen and oxygen atoms in total. The second-order valence-electron chi connectivity index (χ2n) is 10.2. The average Bonchev–Trinajstić information content (AvgIpc) is 3.43. The number of anilines is 2. The molecule has 3 heterocycles. The zero-order valence-corrected chi connectivity index (χ0v) is 23.0. The molecule has 0 bridgehead atoms. The Hall–Kier alpha value is -5.03. The molecule has 5 aromatic rings. The number of halogens is 2. The number of rotatable bonds is 7. The number of carboxylic acids is 1. The first kappa shape index (κ1) is 27.2. The fraction of sp³-hybridized carbons (Fsp3) is 0.167. The molecule has 0 aliphatic carbocycles. The van der Waals surface area contributed by atoms with E-state index in [0.29, 0.717) is 34.0 Å². The Bertz CT molecular complexity index is 1910. The molecule has 1 amide bonds. The van der Waals surface area contributed by atoms with Crippen LogP contribution in [0, 0.1) is 5.82 Å². The number of phenols is 1. The van der Waals surface area contributed by atoms with Gasteiger partial charge in [-0.25, -0.2) is 14.4 Å². The molecule has 0 saturated heterocycles. The van der Waals surface area contributed by atoms with Crippen molar-refractivity contribution >= 4 is 46.0 Å². The topological polar surface area (TPSA) is 156 Å². The number of aliphatic carboxylic acids is 1. The number of phenolic OH excluding ortho intramolecular Hbond substituents is 1. The van der Waals surface area contributed by atoms with Crippen molar-refractivity contribution in [2.75, 3.05) is 11.1 Å². The Morgan fingerprint density at radius 2 is 1.88 bits per heavy atom. The fourth-order valence-corrected chi connectivity index (χ4v) is 5.46. The minimum absolute atomic E-state index is 0.00177. The van der Waals surface area contributed by atoms with Crippen molar-refractivity contribution in [1.29, 1.82) is 0 Å².